The number of likely N-dealkylation sites (N-methyl/N-ethyl adjacent to an activating group) is 1. The Kier molecular flexibility index (Phi) is 5.03. The third kappa shape index (κ3) is 4.09. The summed E-state index contributed by atoms with van der Waals surface area (Å²) in [6.45, 7) is 6.48. The molecule has 0 saturated carbocycles. The molecular weight excluding hydrogens is 336 g/mol. The van der Waals surface area contributed by atoms with Gasteiger partial charge in [0.15, 0.2) is 0 Å². The van der Waals surface area contributed by atoms with Crippen LogP contribution in [0.15, 0.2) is 64.5 Å². The smallest absolute Gasteiger partial charge is 0.333 e. The van der Waals surface area contributed by atoms with Crippen LogP contribution < -0.4 is 9.88 Å². The van der Waals surface area contributed by atoms with Crippen molar-refractivity contribution in [2.45, 2.75) is 6.92 Å². The summed E-state index contributed by atoms with van der Waals surface area (Å²) in [6, 6.07) is 14.8. The lowest BCUT2D eigenvalue weighted by molar-refractivity contribution is -0.383. The minimum absolute atomic E-state index is 0.836. The van der Waals surface area contributed by atoms with Crippen molar-refractivity contribution in [3.8, 4) is 11.3 Å². The van der Waals surface area contributed by atoms with E-state index in [-0.39, 0.29) is 0 Å². The number of hydrogen-bond donors (Lipinski definition) is 0. The van der Waals surface area contributed by atoms with Gasteiger partial charge >= 0.3 is 6.39 Å². The maximum atomic E-state index is 5.44. The fourth-order valence-electron chi connectivity index (χ4n) is 3.37. The molecule has 5 heteroatoms. The van der Waals surface area contributed by atoms with Crippen LogP contribution in [0.3, 0.4) is 0 Å². The normalized spacial score (nSPS) is 15.6. The Morgan fingerprint density at radius 3 is 2.48 bits per heavy atom. The summed E-state index contributed by atoms with van der Waals surface area (Å²) in [7, 11) is 2.18. The van der Waals surface area contributed by atoms with E-state index in [0.717, 1.165) is 54.3 Å². The summed E-state index contributed by atoms with van der Waals surface area (Å²) < 4.78 is 5.44. The summed E-state index contributed by atoms with van der Waals surface area (Å²) in [5.74, 6) is 0.836. The molecule has 2 heterocycles. The van der Waals surface area contributed by atoms with Crippen LogP contribution in [0.4, 0.5) is 11.4 Å². The lowest BCUT2D eigenvalue weighted by Crippen LogP contribution is -2.44. The average molecular weight is 361 g/mol. The van der Waals surface area contributed by atoms with E-state index >= 15 is 0 Å². The van der Waals surface area contributed by atoms with Crippen LogP contribution in [0, 0.1) is 6.92 Å². The van der Waals surface area contributed by atoms with Gasteiger partial charge in [0, 0.05) is 43.6 Å². The average Bonchev–Trinajstić information content (AvgIpc) is 3.22. The fourth-order valence-corrected chi connectivity index (χ4v) is 3.37. The van der Waals surface area contributed by atoms with E-state index < -0.39 is 0 Å². The van der Waals surface area contributed by atoms with Gasteiger partial charge in [0.1, 0.15) is 0 Å². The maximum Gasteiger partial charge on any atom is 0.333 e. The highest BCUT2D eigenvalue weighted by Gasteiger charge is 2.13. The van der Waals surface area contributed by atoms with Gasteiger partial charge in [-0.2, -0.15) is 4.98 Å². The number of rotatable bonds is 4. The van der Waals surface area contributed by atoms with Gasteiger partial charge in [-0.05, 0) is 55.4 Å². The predicted molar refractivity (Wildman–Crippen MR) is 109 cm³/mol. The van der Waals surface area contributed by atoms with Gasteiger partial charge in [-0.15, -0.1) is 0 Å². The third-order valence-corrected chi connectivity index (χ3v) is 5.07. The van der Waals surface area contributed by atoms with Crippen molar-refractivity contribution in [1.82, 2.24) is 4.90 Å². The van der Waals surface area contributed by atoms with Crippen molar-refractivity contribution in [1.29, 1.82) is 0 Å². The van der Waals surface area contributed by atoms with Gasteiger partial charge < -0.3 is 14.2 Å². The van der Waals surface area contributed by atoms with E-state index in [1.54, 1.807) is 6.39 Å². The molecule has 5 nitrogen and oxygen atoms in total. The quantitative estimate of drug-likeness (QED) is 0.668. The number of benzene rings is 2. The van der Waals surface area contributed by atoms with E-state index in [1.165, 1.54) is 5.69 Å². The minimum Gasteiger partial charge on any atom is -0.404 e. The van der Waals surface area contributed by atoms with E-state index in [1.807, 2.05) is 24.5 Å². The molecule has 3 aromatic rings. The molecule has 2 aromatic carbocycles. The summed E-state index contributed by atoms with van der Waals surface area (Å²) in [5, 5.41) is 0. The van der Waals surface area contributed by atoms with Gasteiger partial charge in [-0.3, -0.25) is 4.99 Å². The molecular formula is C22H25N4O+. The number of aliphatic imine (C=N–C) groups is 1. The zero-order chi connectivity index (χ0) is 18.6. The van der Waals surface area contributed by atoms with Crippen molar-refractivity contribution in [3.05, 3.63) is 66.2 Å². The highest BCUT2D eigenvalue weighted by molar-refractivity contribution is 5.83. The highest BCUT2D eigenvalue weighted by atomic mass is 16.3. The molecule has 138 valence electrons. The standard InChI is InChI=1S/C22H24N4O/c1-17-13-19(5-8-21(17)22-15-23-16-27-22)24-14-18-3-6-20(7-4-18)26-11-9-25(2)10-12-26/h3-8,13-16H,9-12H2,1-2H3/p+1. The molecule has 1 aromatic heterocycles. The number of nitrogens with one attached hydrogen (secondary N) is 1. The van der Waals surface area contributed by atoms with E-state index in [2.05, 4.69) is 64.1 Å². The number of H-pyrrole nitrogens is 1. The summed E-state index contributed by atoms with van der Waals surface area (Å²) in [6.07, 6.45) is 5.35. The Morgan fingerprint density at radius 2 is 1.81 bits per heavy atom. The predicted octanol–water partition coefficient (Wildman–Crippen LogP) is 3.57. The Morgan fingerprint density at radius 1 is 1.04 bits per heavy atom. The van der Waals surface area contributed by atoms with Crippen LogP contribution in [0.5, 0.6) is 0 Å². The molecule has 0 bridgehead atoms. The topological polar surface area (TPSA) is 46.1 Å². The van der Waals surface area contributed by atoms with Gasteiger partial charge in [-0.1, -0.05) is 12.1 Å². The SMILES string of the molecule is Cc1cc(N=Cc2ccc(N3CCN(C)CC3)cc2)ccc1-c1c[nH+]co1. The largest absolute Gasteiger partial charge is 0.404 e. The number of piperazine rings is 1. The monoisotopic (exact) mass is 361 g/mol. The second kappa shape index (κ2) is 7.76. The van der Waals surface area contributed by atoms with Crippen LogP contribution >= 0.6 is 0 Å². The second-order valence-electron chi connectivity index (χ2n) is 7.05. The van der Waals surface area contributed by atoms with Crippen LogP contribution in [0.2, 0.25) is 0 Å². The first-order valence-corrected chi connectivity index (χ1v) is 9.32. The molecule has 27 heavy (non-hydrogen) atoms. The number of aryl methyl sites for hydroxylation is 1. The number of hydrogen-bond acceptors (Lipinski definition) is 4. The molecule has 0 spiro atoms. The number of aromatic nitrogens is 1. The third-order valence-electron chi connectivity index (χ3n) is 5.07. The molecule has 1 N–H and O–H groups in total. The Hall–Kier alpha value is -2.92. The first-order chi connectivity index (χ1) is 13.2. The lowest BCUT2D eigenvalue weighted by Gasteiger charge is -2.34. The lowest BCUT2D eigenvalue weighted by atomic mass is 10.1. The summed E-state index contributed by atoms with van der Waals surface area (Å²) in [4.78, 5) is 12.4. The Bertz CT molecular complexity index is 908. The van der Waals surface area contributed by atoms with Gasteiger partial charge in [0.25, 0.3) is 0 Å². The molecule has 1 fully saturated rings. The zero-order valence-electron chi connectivity index (χ0n) is 15.9. The Balaban J connectivity index is 1.44. The fraction of sp³-hybridized carbons (Fsp3) is 0.273. The molecule has 0 atom stereocenters. The number of oxazole rings is 1. The first kappa shape index (κ1) is 17.5. The molecule has 0 unspecified atom stereocenters. The molecule has 4 rings (SSSR count). The van der Waals surface area contributed by atoms with E-state index in [9.17, 15) is 0 Å². The van der Waals surface area contributed by atoms with Gasteiger partial charge in [-0.25, -0.2) is 0 Å². The summed E-state index contributed by atoms with van der Waals surface area (Å²) >= 11 is 0. The minimum atomic E-state index is 0.836. The van der Waals surface area contributed by atoms with E-state index in [0.29, 0.717) is 0 Å². The zero-order valence-corrected chi connectivity index (χ0v) is 15.9. The van der Waals surface area contributed by atoms with Crippen molar-refractivity contribution >= 4 is 17.6 Å². The van der Waals surface area contributed by atoms with Crippen LogP contribution in [0.25, 0.3) is 11.3 Å². The molecule has 1 saturated heterocycles. The number of nitrogens with zero attached hydrogens (tertiary/aromatic N) is 3. The van der Waals surface area contributed by atoms with Crippen LogP contribution in [-0.2, 0) is 0 Å². The van der Waals surface area contributed by atoms with Crippen molar-refractivity contribution in [2.75, 3.05) is 38.1 Å². The van der Waals surface area contributed by atoms with Crippen molar-refractivity contribution in [2.24, 2.45) is 4.99 Å². The first-order valence-electron chi connectivity index (χ1n) is 9.32. The van der Waals surface area contributed by atoms with Gasteiger partial charge in [0.05, 0.1) is 5.69 Å². The maximum absolute atomic E-state index is 5.44. The number of aromatic amines is 1. The van der Waals surface area contributed by atoms with Crippen molar-refractivity contribution < 1.29 is 9.40 Å². The molecule has 1 aliphatic heterocycles. The van der Waals surface area contributed by atoms with Crippen molar-refractivity contribution in [3.63, 3.8) is 0 Å². The molecule has 0 radical (unpaired) electrons. The van der Waals surface area contributed by atoms with Crippen LogP contribution in [-0.4, -0.2) is 44.3 Å². The molecule has 0 amide bonds. The van der Waals surface area contributed by atoms with E-state index in [4.69, 9.17) is 4.42 Å². The second-order valence-corrected chi connectivity index (χ2v) is 7.05. The Labute approximate surface area is 160 Å². The van der Waals surface area contributed by atoms with Gasteiger partial charge in [0.2, 0.25) is 12.0 Å². The molecule has 1 aliphatic rings. The molecule has 0 aliphatic carbocycles. The number of anilines is 1. The highest BCUT2D eigenvalue weighted by Crippen LogP contribution is 2.26. The van der Waals surface area contributed by atoms with Crippen LogP contribution in [0.1, 0.15) is 11.1 Å². The summed E-state index contributed by atoms with van der Waals surface area (Å²) in [5.41, 5.74) is 5.55.